The zero-order chi connectivity index (χ0) is 39.7. The number of allylic oxidation sites excluding steroid dienone is 4. The molecule has 6 aromatic carbocycles. The number of hydrogen-bond donors (Lipinski definition) is 4. The van der Waals surface area contributed by atoms with Crippen molar-refractivity contribution in [1.29, 1.82) is 0 Å². The Balaban J connectivity index is 1.40. The Morgan fingerprint density at radius 1 is 0.446 bits per heavy atom. The molecule has 56 heavy (non-hydrogen) atoms. The molecule has 0 radical (unpaired) electrons. The molecule has 6 aromatic rings. The van der Waals surface area contributed by atoms with Gasteiger partial charge in [0, 0.05) is 4.48 Å². The predicted molar refractivity (Wildman–Crippen MR) is 223 cm³/mol. The van der Waals surface area contributed by atoms with E-state index in [9.17, 15) is 39.6 Å². The van der Waals surface area contributed by atoms with E-state index in [1.807, 2.05) is 48.5 Å². The first-order valence-corrected chi connectivity index (χ1v) is 18.8. The van der Waals surface area contributed by atoms with Crippen LogP contribution in [0, 0.1) is 0 Å². The van der Waals surface area contributed by atoms with Crippen LogP contribution in [0.4, 0.5) is 0 Å². The molecule has 7 rings (SSSR count). The Kier molecular flexibility index (Phi) is 10.4. The third kappa shape index (κ3) is 7.62. The fourth-order valence-electron chi connectivity index (χ4n) is 6.86. The van der Waals surface area contributed by atoms with Crippen LogP contribution in [0.3, 0.4) is 0 Å². The van der Waals surface area contributed by atoms with Crippen molar-refractivity contribution in [1.82, 2.24) is 0 Å². The molecule has 0 fully saturated rings. The maximum Gasteiger partial charge on any atom is 0.335 e. The van der Waals surface area contributed by atoms with Gasteiger partial charge in [-0.2, -0.15) is 0 Å². The summed E-state index contributed by atoms with van der Waals surface area (Å²) in [7, 11) is 0. The molecule has 4 N–H and O–H groups in total. The van der Waals surface area contributed by atoms with Crippen molar-refractivity contribution in [3.05, 3.63) is 189 Å². The predicted octanol–water partition coefficient (Wildman–Crippen LogP) is 11.4. The average Bonchev–Trinajstić information content (AvgIpc) is 3.21. The standard InChI is InChI=1S/C46H30Br2O8/c47-41-24-40(34-3-1-2-33(20-34)26-4-10-29(11-5-26)42(49)50)46(48,38-18-16-32(17-19-38)45(55)56)25-39(41)37-22-35(27-6-12-30(13-7-27)43(51)52)21-36(23-37)28-8-14-31(15-9-28)44(53)54/h1-24H,25H2,(H,49,50)(H,51,52)(H,53,54)(H,55,56). The van der Waals surface area contributed by atoms with Gasteiger partial charge in [-0.3, -0.25) is 0 Å². The second kappa shape index (κ2) is 15.4. The van der Waals surface area contributed by atoms with Crippen LogP contribution in [0.25, 0.3) is 44.5 Å². The lowest BCUT2D eigenvalue weighted by Gasteiger charge is -2.36. The number of aromatic carboxylic acids is 4. The molecule has 0 aliphatic heterocycles. The highest BCUT2D eigenvalue weighted by atomic mass is 79.9. The summed E-state index contributed by atoms with van der Waals surface area (Å²) in [5.41, 5.74) is 9.91. The lowest BCUT2D eigenvalue weighted by Crippen LogP contribution is -2.24. The zero-order valence-corrected chi connectivity index (χ0v) is 32.4. The second-order valence-electron chi connectivity index (χ2n) is 13.3. The van der Waals surface area contributed by atoms with Crippen molar-refractivity contribution in [2.24, 2.45) is 0 Å². The minimum absolute atomic E-state index is 0.148. The SMILES string of the molecule is O=C(O)c1ccc(-c2cccc(C3=CC(Br)=C(c4cc(-c5ccc(C(=O)O)cc5)cc(-c5ccc(C(=O)O)cc5)c4)CC3(Br)c3ccc(C(=O)O)cc3)c2)cc1. The smallest absolute Gasteiger partial charge is 0.335 e. The highest BCUT2D eigenvalue weighted by molar-refractivity contribution is 9.12. The van der Waals surface area contributed by atoms with E-state index in [0.717, 1.165) is 65.7 Å². The van der Waals surface area contributed by atoms with E-state index in [0.29, 0.717) is 6.42 Å². The molecule has 0 aromatic heterocycles. The summed E-state index contributed by atoms with van der Waals surface area (Å²) in [5, 5.41) is 38.1. The monoisotopic (exact) mass is 868 g/mol. The Morgan fingerprint density at radius 3 is 1.23 bits per heavy atom. The van der Waals surface area contributed by atoms with Gasteiger partial charge in [-0.25, -0.2) is 19.2 Å². The van der Waals surface area contributed by atoms with Gasteiger partial charge in [0.25, 0.3) is 0 Å². The van der Waals surface area contributed by atoms with E-state index in [2.05, 4.69) is 31.9 Å². The van der Waals surface area contributed by atoms with Gasteiger partial charge in [0.2, 0.25) is 0 Å². The number of alkyl halides is 1. The van der Waals surface area contributed by atoms with Crippen LogP contribution in [0.5, 0.6) is 0 Å². The molecule has 1 unspecified atom stereocenters. The van der Waals surface area contributed by atoms with Crippen molar-refractivity contribution in [2.75, 3.05) is 0 Å². The first-order chi connectivity index (χ1) is 26.8. The summed E-state index contributed by atoms with van der Waals surface area (Å²) < 4.78 is -0.0725. The number of carboxylic acids is 4. The molecule has 8 nitrogen and oxygen atoms in total. The number of hydrogen-bond acceptors (Lipinski definition) is 4. The van der Waals surface area contributed by atoms with Crippen LogP contribution >= 0.6 is 31.9 Å². The fraction of sp³-hybridized carbons (Fsp3) is 0.0435. The molecule has 0 saturated heterocycles. The van der Waals surface area contributed by atoms with Crippen molar-refractivity contribution in [3.8, 4) is 33.4 Å². The average molecular weight is 871 g/mol. The molecule has 1 aliphatic carbocycles. The van der Waals surface area contributed by atoms with Crippen molar-refractivity contribution >= 4 is 66.9 Å². The number of benzene rings is 6. The van der Waals surface area contributed by atoms with E-state index >= 15 is 0 Å². The number of rotatable bonds is 10. The third-order valence-electron chi connectivity index (χ3n) is 9.85. The number of carbonyl (C=O) groups is 4. The van der Waals surface area contributed by atoms with Gasteiger partial charge in [0.15, 0.2) is 0 Å². The van der Waals surface area contributed by atoms with E-state index in [1.165, 1.54) is 0 Å². The molecule has 10 heteroatoms. The van der Waals surface area contributed by atoms with Crippen LogP contribution in [0.15, 0.2) is 150 Å². The summed E-state index contributed by atoms with van der Waals surface area (Å²) in [4.78, 5) is 46.6. The van der Waals surface area contributed by atoms with Crippen LogP contribution < -0.4 is 0 Å². The number of halogens is 2. The molecule has 1 aliphatic rings. The van der Waals surface area contributed by atoms with Gasteiger partial charge in [0.1, 0.15) is 0 Å². The first-order valence-electron chi connectivity index (χ1n) is 17.2. The molecule has 0 saturated carbocycles. The Morgan fingerprint density at radius 2 is 0.804 bits per heavy atom. The molecule has 0 heterocycles. The van der Waals surface area contributed by atoms with Gasteiger partial charge in [0.05, 0.1) is 26.6 Å². The second-order valence-corrected chi connectivity index (χ2v) is 15.5. The van der Waals surface area contributed by atoms with E-state index < -0.39 is 28.2 Å². The Hall–Kier alpha value is -6.36. The molecular formula is C46H30Br2O8. The van der Waals surface area contributed by atoms with Crippen LogP contribution in [0.1, 0.15) is 64.5 Å². The molecule has 276 valence electrons. The van der Waals surface area contributed by atoms with Crippen molar-refractivity contribution in [2.45, 2.75) is 10.7 Å². The maximum atomic E-state index is 11.8. The van der Waals surface area contributed by atoms with Gasteiger partial charge in [-0.15, -0.1) is 0 Å². The lowest BCUT2D eigenvalue weighted by atomic mass is 9.76. The van der Waals surface area contributed by atoms with E-state index in [1.54, 1.807) is 97.1 Å². The summed E-state index contributed by atoms with van der Waals surface area (Å²) in [5.74, 6) is -4.11. The first kappa shape index (κ1) is 37.9. The normalized spacial score (nSPS) is 15.2. The zero-order valence-electron chi connectivity index (χ0n) is 29.2. The molecule has 1 atom stereocenters. The van der Waals surface area contributed by atoms with Crippen molar-refractivity contribution in [3.63, 3.8) is 0 Å². The topological polar surface area (TPSA) is 149 Å². The number of carboxylic acid groups (broad SMARTS) is 4. The largest absolute Gasteiger partial charge is 0.478 e. The molecule has 0 spiro atoms. The summed E-state index contributed by atoms with van der Waals surface area (Å²) >= 11 is 8.06. The van der Waals surface area contributed by atoms with E-state index in [4.69, 9.17) is 0 Å². The third-order valence-corrected chi connectivity index (χ3v) is 11.7. The quantitative estimate of drug-likeness (QED) is 0.0994. The highest BCUT2D eigenvalue weighted by Gasteiger charge is 2.39. The molecule has 0 amide bonds. The fourth-order valence-corrected chi connectivity index (χ4v) is 8.34. The summed E-state index contributed by atoms with van der Waals surface area (Å²) in [6.07, 6.45) is 2.45. The summed E-state index contributed by atoms with van der Waals surface area (Å²) in [6, 6.07) is 40.6. The summed E-state index contributed by atoms with van der Waals surface area (Å²) in [6.45, 7) is 0. The van der Waals surface area contributed by atoms with Gasteiger partial charge in [-0.1, -0.05) is 98.6 Å². The van der Waals surface area contributed by atoms with Crippen LogP contribution in [-0.2, 0) is 4.32 Å². The van der Waals surface area contributed by atoms with Crippen molar-refractivity contribution < 1.29 is 39.6 Å². The van der Waals surface area contributed by atoms with Gasteiger partial charge in [-0.05, 0) is 147 Å². The minimum Gasteiger partial charge on any atom is -0.478 e. The van der Waals surface area contributed by atoms with Crippen LogP contribution in [-0.4, -0.2) is 44.3 Å². The minimum atomic E-state index is -1.04. The van der Waals surface area contributed by atoms with E-state index in [-0.39, 0.29) is 22.3 Å². The Labute approximate surface area is 338 Å². The molecular weight excluding hydrogens is 840 g/mol. The maximum absolute atomic E-state index is 11.8. The van der Waals surface area contributed by atoms with Gasteiger partial charge >= 0.3 is 23.9 Å². The van der Waals surface area contributed by atoms with Gasteiger partial charge < -0.3 is 20.4 Å². The Bertz CT molecular complexity index is 2530. The van der Waals surface area contributed by atoms with Crippen LogP contribution in [0.2, 0.25) is 0 Å². The highest BCUT2D eigenvalue weighted by Crippen LogP contribution is 2.55. The molecule has 0 bridgehead atoms. The lowest BCUT2D eigenvalue weighted by molar-refractivity contribution is 0.0686.